The summed E-state index contributed by atoms with van der Waals surface area (Å²) in [7, 11) is -4.31. The molecule has 4 aliphatic heterocycles. The van der Waals surface area contributed by atoms with Gasteiger partial charge in [0.15, 0.2) is 12.3 Å². The van der Waals surface area contributed by atoms with E-state index in [-0.39, 0.29) is 17.1 Å². The van der Waals surface area contributed by atoms with Crippen LogP contribution >= 0.6 is 11.3 Å². The molecule has 0 bridgehead atoms. The van der Waals surface area contributed by atoms with Crippen LogP contribution in [0.4, 0.5) is 5.69 Å². The quantitative estimate of drug-likeness (QED) is 0.267. The Hall–Kier alpha value is -3.24. The SMILES string of the molecule is CCC1=C2c3sc4ccc5ccccc5c4[n+]3CCC2OC2CCN3C(=C12)Oc1ccc(S(=O)(=O)O)cc13. The van der Waals surface area contributed by atoms with Crippen LogP contribution in [0.1, 0.15) is 31.2 Å². The van der Waals surface area contributed by atoms with Gasteiger partial charge in [0.1, 0.15) is 4.70 Å². The Labute approximate surface area is 224 Å². The first-order chi connectivity index (χ1) is 18.4. The molecule has 1 N–H and O–H groups in total. The molecule has 1 aromatic heterocycles. The number of nitrogens with zero attached hydrogens (tertiary/aromatic N) is 2. The summed E-state index contributed by atoms with van der Waals surface area (Å²) in [5.41, 5.74) is 5.53. The van der Waals surface area contributed by atoms with Gasteiger partial charge in [-0.1, -0.05) is 42.5 Å². The molecule has 0 saturated carbocycles. The molecule has 38 heavy (non-hydrogen) atoms. The van der Waals surface area contributed by atoms with E-state index in [2.05, 4.69) is 47.9 Å². The van der Waals surface area contributed by atoms with Crippen molar-refractivity contribution >= 4 is 53.7 Å². The molecule has 9 heteroatoms. The van der Waals surface area contributed by atoms with Crippen molar-refractivity contribution in [1.82, 2.24) is 0 Å². The number of fused-ring (bicyclic) bond motifs is 11. The standard InChI is InChI=1S/C29H24N2O5S2/c1-2-18-25-22(11-13-30-20-15-17(38(32,33)34)8-9-21(20)36-28(25)30)35-23-12-14-31-27-19-6-4-3-5-16(19)7-10-24(27)37-29(31)26(18)23/h3-10,15,22-23H,2,11-14H2,1H3/p+1. The monoisotopic (exact) mass is 545 g/mol. The summed E-state index contributed by atoms with van der Waals surface area (Å²) in [6, 6.07) is 17.5. The number of ether oxygens (including phenoxy) is 2. The molecule has 0 spiro atoms. The summed E-state index contributed by atoms with van der Waals surface area (Å²) in [4.78, 5) is 1.90. The third-order valence-electron chi connectivity index (χ3n) is 8.22. The zero-order valence-corrected chi connectivity index (χ0v) is 22.3. The Morgan fingerprint density at radius 3 is 2.76 bits per heavy atom. The Morgan fingerprint density at radius 1 is 1.08 bits per heavy atom. The fourth-order valence-electron chi connectivity index (χ4n) is 6.62. The summed E-state index contributed by atoms with van der Waals surface area (Å²) >= 11 is 1.83. The van der Waals surface area contributed by atoms with Crippen LogP contribution in [0.2, 0.25) is 0 Å². The van der Waals surface area contributed by atoms with Gasteiger partial charge in [-0.25, -0.2) is 0 Å². The fourth-order valence-corrected chi connectivity index (χ4v) is 8.44. The predicted molar refractivity (Wildman–Crippen MR) is 146 cm³/mol. The molecular formula is C29H25N2O5S2+. The molecule has 8 rings (SSSR count). The average Bonchev–Trinajstić information content (AvgIpc) is 3.49. The molecule has 0 radical (unpaired) electrons. The van der Waals surface area contributed by atoms with Gasteiger partial charge in [-0.2, -0.15) is 13.0 Å². The van der Waals surface area contributed by atoms with Crippen LogP contribution in [0.25, 0.3) is 26.6 Å². The number of hydrogen-bond acceptors (Lipinski definition) is 6. The van der Waals surface area contributed by atoms with Gasteiger partial charge in [-0.15, -0.1) is 0 Å². The highest BCUT2D eigenvalue weighted by Crippen LogP contribution is 2.51. The van der Waals surface area contributed by atoms with Gasteiger partial charge in [-0.05, 0) is 54.1 Å². The van der Waals surface area contributed by atoms with Crippen molar-refractivity contribution in [3.05, 3.63) is 76.6 Å². The zero-order chi connectivity index (χ0) is 25.8. The fraction of sp³-hybridized carbons (Fsp3) is 0.276. The predicted octanol–water partition coefficient (Wildman–Crippen LogP) is 5.44. The molecule has 0 amide bonds. The van der Waals surface area contributed by atoms with Crippen LogP contribution in [-0.4, -0.2) is 31.7 Å². The summed E-state index contributed by atoms with van der Waals surface area (Å²) in [6.07, 6.45) is 2.51. The van der Waals surface area contributed by atoms with E-state index < -0.39 is 10.1 Å². The molecule has 192 valence electrons. The lowest BCUT2D eigenvalue weighted by Gasteiger charge is -2.40. The van der Waals surface area contributed by atoms with Gasteiger partial charge in [0, 0.05) is 18.5 Å². The van der Waals surface area contributed by atoms with Gasteiger partial charge < -0.3 is 14.4 Å². The first-order valence-corrected chi connectivity index (χ1v) is 15.2. The number of anilines is 1. The third kappa shape index (κ3) is 3.07. The number of rotatable bonds is 2. The second-order valence-electron chi connectivity index (χ2n) is 10.2. The Morgan fingerprint density at radius 2 is 1.92 bits per heavy atom. The van der Waals surface area contributed by atoms with Crippen LogP contribution in [0.15, 0.2) is 76.5 Å². The number of benzene rings is 3. The van der Waals surface area contributed by atoms with E-state index in [0.29, 0.717) is 18.0 Å². The molecule has 7 nitrogen and oxygen atoms in total. The summed E-state index contributed by atoms with van der Waals surface area (Å²) in [5.74, 6) is 1.31. The summed E-state index contributed by atoms with van der Waals surface area (Å²) < 4.78 is 50.1. The lowest BCUT2D eigenvalue weighted by Crippen LogP contribution is -2.48. The van der Waals surface area contributed by atoms with Crippen LogP contribution in [-0.2, 0) is 21.4 Å². The lowest BCUT2D eigenvalue weighted by atomic mass is 9.83. The van der Waals surface area contributed by atoms with Gasteiger partial charge in [0.2, 0.25) is 11.4 Å². The second kappa shape index (κ2) is 7.89. The first kappa shape index (κ1) is 22.7. The molecular weight excluding hydrogens is 520 g/mol. The van der Waals surface area contributed by atoms with Crippen molar-refractivity contribution in [2.75, 3.05) is 11.4 Å². The summed E-state index contributed by atoms with van der Waals surface area (Å²) in [5, 5.41) is 3.76. The van der Waals surface area contributed by atoms with E-state index in [1.165, 1.54) is 49.3 Å². The Kier molecular flexibility index (Phi) is 4.72. The van der Waals surface area contributed by atoms with Crippen molar-refractivity contribution in [3.63, 3.8) is 0 Å². The lowest BCUT2D eigenvalue weighted by molar-refractivity contribution is -0.673. The van der Waals surface area contributed by atoms with Gasteiger partial charge in [0.05, 0.1) is 33.8 Å². The van der Waals surface area contributed by atoms with Crippen molar-refractivity contribution in [1.29, 1.82) is 0 Å². The van der Waals surface area contributed by atoms with E-state index >= 15 is 0 Å². The second-order valence-corrected chi connectivity index (χ2v) is 12.7. The third-order valence-corrected chi connectivity index (χ3v) is 10.3. The van der Waals surface area contributed by atoms with E-state index in [1.54, 1.807) is 6.07 Å². The highest BCUT2D eigenvalue weighted by Gasteiger charge is 2.47. The number of aryl methyl sites for hydroxylation is 1. The first-order valence-electron chi connectivity index (χ1n) is 13.0. The zero-order valence-electron chi connectivity index (χ0n) is 20.7. The van der Waals surface area contributed by atoms with Crippen molar-refractivity contribution < 1.29 is 27.0 Å². The van der Waals surface area contributed by atoms with Crippen molar-refractivity contribution in [2.24, 2.45) is 0 Å². The maximum absolute atomic E-state index is 11.8. The molecule has 0 saturated heterocycles. The maximum Gasteiger partial charge on any atom is 0.294 e. The number of aromatic nitrogens is 1. The van der Waals surface area contributed by atoms with E-state index in [4.69, 9.17) is 9.47 Å². The van der Waals surface area contributed by atoms with Crippen LogP contribution in [0, 0.1) is 0 Å². The minimum Gasteiger partial charge on any atom is -0.438 e. The smallest absolute Gasteiger partial charge is 0.294 e. The summed E-state index contributed by atoms with van der Waals surface area (Å²) in [6.45, 7) is 3.76. The molecule has 4 aromatic rings. The highest BCUT2D eigenvalue weighted by molar-refractivity contribution is 7.85. The average molecular weight is 546 g/mol. The van der Waals surface area contributed by atoms with Crippen LogP contribution < -0.4 is 14.2 Å². The largest absolute Gasteiger partial charge is 0.438 e. The molecule has 4 aliphatic rings. The number of thiazole rings is 1. The molecule has 0 aliphatic carbocycles. The molecule has 2 atom stereocenters. The topological polar surface area (TPSA) is 80.0 Å². The highest BCUT2D eigenvalue weighted by atomic mass is 32.2. The van der Waals surface area contributed by atoms with Crippen molar-refractivity contribution in [2.45, 2.75) is 49.8 Å². The Balaban J connectivity index is 1.35. The van der Waals surface area contributed by atoms with Gasteiger partial charge in [0.25, 0.3) is 15.1 Å². The van der Waals surface area contributed by atoms with Crippen LogP contribution in [0.3, 0.4) is 0 Å². The van der Waals surface area contributed by atoms with E-state index in [1.807, 2.05) is 16.2 Å². The molecule has 2 unspecified atom stereocenters. The minimum atomic E-state index is -4.31. The van der Waals surface area contributed by atoms with E-state index in [9.17, 15) is 13.0 Å². The molecule has 3 aromatic carbocycles. The molecule has 0 fully saturated rings. The van der Waals surface area contributed by atoms with E-state index in [0.717, 1.165) is 37.3 Å². The number of hydrogen-bond donors (Lipinski definition) is 1. The molecule has 5 heterocycles. The Bertz CT molecular complexity index is 1870. The maximum atomic E-state index is 11.8. The normalized spacial score (nSPS) is 22.2. The van der Waals surface area contributed by atoms with Crippen LogP contribution in [0.5, 0.6) is 5.75 Å². The van der Waals surface area contributed by atoms with Gasteiger partial charge >= 0.3 is 0 Å². The van der Waals surface area contributed by atoms with Crippen molar-refractivity contribution in [3.8, 4) is 5.75 Å². The van der Waals surface area contributed by atoms with Gasteiger partial charge in [-0.3, -0.25) is 4.55 Å². The minimum absolute atomic E-state index is 0.0417.